The number of nitrogens with zero attached hydrogens (tertiary/aromatic N) is 2. The Morgan fingerprint density at radius 2 is 1.97 bits per heavy atom. The van der Waals surface area contributed by atoms with Gasteiger partial charge >= 0.3 is 0 Å². The summed E-state index contributed by atoms with van der Waals surface area (Å²) in [5.74, 6) is -0.316. The molecule has 1 heterocycles. The van der Waals surface area contributed by atoms with Gasteiger partial charge in [-0.05, 0) is 36.1 Å². The number of benzene rings is 2. The van der Waals surface area contributed by atoms with Gasteiger partial charge in [0.15, 0.2) is 9.84 Å². The summed E-state index contributed by atoms with van der Waals surface area (Å²) in [5.41, 5.74) is 3.41. The van der Waals surface area contributed by atoms with Crippen LogP contribution in [0.5, 0.6) is 5.75 Å². The van der Waals surface area contributed by atoms with Gasteiger partial charge in [0, 0.05) is 25.3 Å². The number of nitro benzene ring substituents is 1. The highest BCUT2D eigenvalue weighted by Crippen LogP contribution is 2.39. The van der Waals surface area contributed by atoms with Crippen LogP contribution in [-0.4, -0.2) is 30.6 Å². The molecule has 0 aromatic heterocycles. The summed E-state index contributed by atoms with van der Waals surface area (Å²) in [5, 5.41) is 28.8. The topological polar surface area (TPSA) is 137 Å². The van der Waals surface area contributed by atoms with E-state index in [-0.39, 0.29) is 4.90 Å². The van der Waals surface area contributed by atoms with Crippen molar-refractivity contribution in [3.63, 3.8) is 0 Å². The molecule has 0 amide bonds. The number of hydroxylamine groups is 1. The lowest BCUT2D eigenvalue weighted by Gasteiger charge is -2.43. The van der Waals surface area contributed by atoms with Crippen LogP contribution in [0.3, 0.4) is 0 Å². The number of para-hydroxylation sites is 2. The van der Waals surface area contributed by atoms with Gasteiger partial charge in [-0.2, -0.15) is 0 Å². The van der Waals surface area contributed by atoms with Gasteiger partial charge in [0.25, 0.3) is 5.69 Å². The fourth-order valence-corrected chi connectivity index (χ4v) is 5.46. The number of rotatable bonds is 8. The minimum absolute atomic E-state index is 0.296. The standard InChI is InChI=1S/C22H27N4O6S/c1-22(23-17-9-5-6-10-20(17)32-22)24-25(27)18(13-15-7-3-4-8-15)16-11-12-21(33(2,30)31)19(14-16)26(28)29/h5-6,9-12,14-15,18,23-24H,3-4,7-8,13H2,1-2H3/q-1. The number of anilines is 1. The van der Waals surface area contributed by atoms with Crippen molar-refractivity contribution >= 4 is 21.2 Å². The first-order valence-corrected chi connectivity index (χ1v) is 12.7. The molecule has 1 aliphatic heterocycles. The summed E-state index contributed by atoms with van der Waals surface area (Å²) in [4.78, 5) is 10.5. The molecule has 1 fully saturated rings. The van der Waals surface area contributed by atoms with Gasteiger partial charge in [-0.1, -0.05) is 43.9 Å². The van der Waals surface area contributed by atoms with E-state index in [0.717, 1.165) is 37.6 Å². The number of nitrogens with one attached hydrogen (secondary N) is 2. The molecule has 0 spiro atoms. The number of nitro groups is 1. The highest BCUT2D eigenvalue weighted by Gasteiger charge is 2.36. The average molecular weight is 476 g/mol. The Hall–Kier alpha value is -2.73. The van der Waals surface area contributed by atoms with Crippen molar-refractivity contribution in [1.82, 2.24) is 10.6 Å². The molecule has 2 aliphatic rings. The number of fused-ring (bicyclic) bond motifs is 1. The van der Waals surface area contributed by atoms with E-state index in [1.54, 1.807) is 13.0 Å². The third-order valence-corrected chi connectivity index (χ3v) is 7.32. The van der Waals surface area contributed by atoms with E-state index < -0.39 is 32.3 Å². The van der Waals surface area contributed by atoms with Gasteiger partial charge in [0.1, 0.15) is 10.6 Å². The highest BCUT2D eigenvalue weighted by molar-refractivity contribution is 7.90. The normalized spacial score (nSPS) is 21.5. The molecule has 2 aromatic rings. The van der Waals surface area contributed by atoms with E-state index in [4.69, 9.17) is 4.74 Å². The fraction of sp³-hybridized carbons (Fsp3) is 0.455. The van der Waals surface area contributed by atoms with Gasteiger partial charge in [0.05, 0.1) is 10.6 Å². The van der Waals surface area contributed by atoms with E-state index in [0.29, 0.717) is 28.8 Å². The molecule has 4 rings (SSSR count). The van der Waals surface area contributed by atoms with Gasteiger partial charge < -0.3 is 20.4 Å². The van der Waals surface area contributed by atoms with Crippen molar-refractivity contribution in [2.75, 3.05) is 11.6 Å². The third kappa shape index (κ3) is 5.11. The first-order valence-electron chi connectivity index (χ1n) is 10.8. The Bertz CT molecular complexity index is 1120. The lowest BCUT2D eigenvalue weighted by Crippen LogP contribution is -2.57. The lowest BCUT2D eigenvalue weighted by atomic mass is 9.93. The molecule has 0 radical (unpaired) electrons. The summed E-state index contributed by atoms with van der Waals surface area (Å²) in [6.45, 7) is 1.68. The largest absolute Gasteiger partial charge is 0.771 e. The molecule has 2 aromatic carbocycles. The Morgan fingerprint density at radius 1 is 1.27 bits per heavy atom. The summed E-state index contributed by atoms with van der Waals surface area (Å²) in [7, 11) is -3.80. The smallest absolute Gasteiger partial charge is 0.288 e. The van der Waals surface area contributed by atoms with Gasteiger partial charge in [-0.3, -0.25) is 10.1 Å². The number of hydrogen-bond acceptors (Lipinski definition) is 9. The van der Waals surface area contributed by atoms with Crippen LogP contribution in [0, 0.1) is 21.2 Å². The zero-order chi connectivity index (χ0) is 23.8. The lowest BCUT2D eigenvalue weighted by molar-refractivity contribution is -0.387. The van der Waals surface area contributed by atoms with Crippen LogP contribution >= 0.6 is 0 Å². The highest BCUT2D eigenvalue weighted by atomic mass is 32.2. The predicted octanol–water partition coefficient (Wildman–Crippen LogP) is 4.10. The van der Waals surface area contributed by atoms with Crippen molar-refractivity contribution in [3.05, 3.63) is 63.3 Å². The Morgan fingerprint density at radius 3 is 2.61 bits per heavy atom. The van der Waals surface area contributed by atoms with Crippen LogP contribution in [-0.2, 0) is 9.84 Å². The first-order chi connectivity index (χ1) is 15.6. The molecule has 11 heteroatoms. The number of hydrazine groups is 1. The average Bonchev–Trinajstić information content (AvgIpc) is 3.37. The van der Waals surface area contributed by atoms with Gasteiger partial charge in [-0.15, -0.1) is 0 Å². The maximum atomic E-state index is 13.4. The SMILES string of the molecule is CC1(NN([O-])C(CC2CCCC2)c2ccc(S(C)(=O)=O)c([N+](=O)[O-])c2)Nc2ccccc2O1. The zero-order valence-corrected chi connectivity index (χ0v) is 19.3. The molecule has 0 bridgehead atoms. The molecule has 2 N–H and O–H groups in total. The van der Waals surface area contributed by atoms with Crippen molar-refractivity contribution in [1.29, 1.82) is 0 Å². The first kappa shape index (κ1) is 23.4. The fourth-order valence-electron chi connectivity index (χ4n) is 4.63. The monoisotopic (exact) mass is 475 g/mol. The summed E-state index contributed by atoms with van der Waals surface area (Å²) < 4.78 is 29.9. The second kappa shape index (κ2) is 8.90. The van der Waals surface area contributed by atoms with Crippen LogP contribution in [0.1, 0.15) is 50.6 Å². The Kier molecular flexibility index (Phi) is 6.32. The van der Waals surface area contributed by atoms with Crippen LogP contribution < -0.4 is 15.5 Å². The Labute approximate surface area is 192 Å². The summed E-state index contributed by atoms with van der Waals surface area (Å²) >= 11 is 0. The number of ether oxygens (including phenoxy) is 1. The van der Waals surface area contributed by atoms with Crippen molar-refractivity contribution in [2.45, 2.75) is 55.8 Å². The third-order valence-electron chi connectivity index (χ3n) is 6.18. The maximum Gasteiger partial charge on any atom is 0.288 e. The van der Waals surface area contributed by atoms with Crippen molar-refractivity contribution in [2.24, 2.45) is 5.92 Å². The van der Waals surface area contributed by atoms with E-state index in [1.165, 1.54) is 18.2 Å². The van der Waals surface area contributed by atoms with E-state index in [2.05, 4.69) is 10.7 Å². The van der Waals surface area contributed by atoms with Crippen molar-refractivity contribution < 1.29 is 18.1 Å². The van der Waals surface area contributed by atoms with Crippen LogP contribution in [0.4, 0.5) is 11.4 Å². The molecule has 10 nitrogen and oxygen atoms in total. The van der Waals surface area contributed by atoms with E-state index in [1.807, 2.05) is 18.2 Å². The molecule has 1 saturated carbocycles. The minimum atomic E-state index is -3.80. The molecular weight excluding hydrogens is 448 g/mol. The molecule has 0 saturated heterocycles. The molecule has 33 heavy (non-hydrogen) atoms. The number of sulfone groups is 1. The second-order valence-electron chi connectivity index (χ2n) is 8.85. The molecule has 178 valence electrons. The second-order valence-corrected chi connectivity index (χ2v) is 10.8. The quantitative estimate of drug-likeness (QED) is 0.427. The maximum absolute atomic E-state index is 13.4. The molecular formula is C22H27N4O6S-. The summed E-state index contributed by atoms with van der Waals surface area (Å²) in [6.07, 6.45) is 5.52. The summed E-state index contributed by atoms with van der Waals surface area (Å²) in [6, 6.07) is 10.4. The zero-order valence-electron chi connectivity index (χ0n) is 18.5. The van der Waals surface area contributed by atoms with E-state index in [9.17, 15) is 23.7 Å². The van der Waals surface area contributed by atoms with Crippen LogP contribution in [0.15, 0.2) is 47.4 Å². The van der Waals surface area contributed by atoms with Crippen LogP contribution in [0.2, 0.25) is 0 Å². The van der Waals surface area contributed by atoms with E-state index >= 15 is 0 Å². The molecule has 2 atom stereocenters. The number of hydrogen-bond donors (Lipinski definition) is 2. The minimum Gasteiger partial charge on any atom is -0.771 e. The van der Waals surface area contributed by atoms with Crippen LogP contribution in [0.25, 0.3) is 0 Å². The molecule has 1 aliphatic carbocycles. The van der Waals surface area contributed by atoms with Gasteiger partial charge in [0.2, 0.25) is 5.85 Å². The Balaban J connectivity index is 1.64. The molecule has 2 unspecified atom stereocenters. The van der Waals surface area contributed by atoms with Gasteiger partial charge in [-0.25, -0.2) is 13.8 Å². The van der Waals surface area contributed by atoms with Crippen molar-refractivity contribution in [3.8, 4) is 5.75 Å². The predicted molar refractivity (Wildman–Crippen MR) is 123 cm³/mol.